The van der Waals surface area contributed by atoms with E-state index in [2.05, 4.69) is 13.8 Å². The monoisotopic (exact) mass is 392 g/mol. The predicted molar refractivity (Wildman–Crippen MR) is 102 cm³/mol. The van der Waals surface area contributed by atoms with E-state index in [1.165, 1.54) is 19.3 Å². The van der Waals surface area contributed by atoms with Crippen molar-refractivity contribution >= 4 is 0 Å². The van der Waals surface area contributed by atoms with Crippen LogP contribution in [0.5, 0.6) is 0 Å². The highest BCUT2D eigenvalue weighted by Gasteiger charge is 2.70. The van der Waals surface area contributed by atoms with E-state index < -0.39 is 11.6 Å². The van der Waals surface area contributed by atoms with Gasteiger partial charge in [-0.1, -0.05) is 20.3 Å². The normalized spacial score (nSPS) is 53.9. The molecule has 6 aliphatic rings. The molecule has 0 aromatic rings. The number of aliphatic hydroxyl groups is 1. The molecule has 5 heteroatoms. The number of ether oxygens (including phenoxy) is 4. The lowest BCUT2D eigenvalue weighted by atomic mass is 9.42. The number of rotatable bonds is 0. The highest BCUT2D eigenvalue weighted by Crippen LogP contribution is 2.70. The zero-order valence-electron chi connectivity index (χ0n) is 17.5. The molecule has 5 nitrogen and oxygen atoms in total. The summed E-state index contributed by atoms with van der Waals surface area (Å²) in [5, 5.41) is 11.5. The van der Waals surface area contributed by atoms with Crippen molar-refractivity contribution in [3.05, 3.63) is 0 Å². The van der Waals surface area contributed by atoms with Gasteiger partial charge < -0.3 is 24.1 Å². The Kier molecular flexibility index (Phi) is 3.94. The van der Waals surface area contributed by atoms with Gasteiger partial charge in [-0.15, -0.1) is 0 Å². The van der Waals surface area contributed by atoms with Crippen LogP contribution in [0.4, 0.5) is 0 Å². The Balaban J connectivity index is 1.43. The minimum absolute atomic E-state index is 0.106. The number of fused-ring (bicyclic) bond motifs is 6. The lowest BCUT2D eigenvalue weighted by molar-refractivity contribution is -0.327. The van der Waals surface area contributed by atoms with E-state index >= 15 is 0 Å². The maximum absolute atomic E-state index is 11.5. The number of hydrogen-bond acceptors (Lipinski definition) is 5. The highest BCUT2D eigenvalue weighted by molar-refractivity contribution is 5.16. The van der Waals surface area contributed by atoms with Crippen molar-refractivity contribution in [2.45, 2.75) is 82.9 Å². The van der Waals surface area contributed by atoms with E-state index in [1.807, 2.05) is 0 Å². The van der Waals surface area contributed by atoms with Gasteiger partial charge in [-0.25, -0.2) is 0 Å². The summed E-state index contributed by atoms with van der Waals surface area (Å²) in [4.78, 5) is 0. The molecule has 6 fully saturated rings. The Bertz CT molecular complexity index is 639. The zero-order valence-corrected chi connectivity index (χ0v) is 17.5. The summed E-state index contributed by atoms with van der Waals surface area (Å²) in [6.45, 7) is 7.64. The second kappa shape index (κ2) is 5.94. The SMILES string of the molecule is C[C@@]12CCC[C@H]1[C@H]1[C@H]([C@@H](O)C2)[C@@]2(C)CCC3(C[C@@H]2CC12OCCO2)OCCO3. The molecule has 28 heavy (non-hydrogen) atoms. The van der Waals surface area contributed by atoms with Crippen LogP contribution in [0.3, 0.4) is 0 Å². The molecule has 2 spiro atoms. The molecule has 0 aromatic heterocycles. The van der Waals surface area contributed by atoms with Gasteiger partial charge in [0, 0.05) is 25.2 Å². The molecule has 2 aliphatic heterocycles. The lowest BCUT2D eigenvalue weighted by Gasteiger charge is -2.66. The van der Waals surface area contributed by atoms with E-state index in [1.54, 1.807) is 0 Å². The third kappa shape index (κ3) is 2.31. The third-order valence-corrected chi connectivity index (χ3v) is 9.99. The first-order valence-corrected chi connectivity index (χ1v) is 11.6. The molecule has 6 rings (SSSR count). The Labute approximate surface area is 168 Å². The summed E-state index contributed by atoms with van der Waals surface area (Å²) in [5.41, 5.74) is 0.342. The van der Waals surface area contributed by atoms with Crippen LogP contribution in [0.1, 0.15) is 65.2 Å². The maximum Gasteiger partial charge on any atom is 0.172 e. The van der Waals surface area contributed by atoms with Crippen molar-refractivity contribution in [2.75, 3.05) is 26.4 Å². The van der Waals surface area contributed by atoms with Gasteiger partial charge in [0.05, 0.1) is 32.5 Å². The molecule has 0 aromatic carbocycles. The summed E-state index contributed by atoms with van der Waals surface area (Å²) in [6.07, 6.45) is 8.31. The molecule has 0 amide bonds. The minimum atomic E-state index is -0.510. The second-order valence-electron chi connectivity index (χ2n) is 11.2. The van der Waals surface area contributed by atoms with E-state index in [0.717, 1.165) is 32.1 Å². The van der Waals surface area contributed by atoms with Gasteiger partial charge in [-0.3, -0.25) is 0 Å². The maximum atomic E-state index is 11.5. The van der Waals surface area contributed by atoms with Crippen molar-refractivity contribution in [1.82, 2.24) is 0 Å². The average molecular weight is 393 g/mol. The van der Waals surface area contributed by atoms with Crippen molar-refractivity contribution in [3.8, 4) is 0 Å². The van der Waals surface area contributed by atoms with Crippen LogP contribution in [0.15, 0.2) is 0 Å². The van der Waals surface area contributed by atoms with E-state index in [4.69, 9.17) is 18.9 Å². The van der Waals surface area contributed by atoms with Crippen molar-refractivity contribution in [3.63, 3.8) is 0 Å². The van der Waals surface area contributed by atoms with Gasteiger partial charge in [-0.2, -0.15) is 0 Å². The molecule has 158 valence electrons. The Morgan fingerprint density at radius 3 is 2.25 bits per heavy atom. The largest absolute Gasteiger partial charge is 0.393 e. The highest BCUT2D eigenvalue weighted by atomic mass is 16.7. The van der Waals surface area contributed by atoms with E-state index in [-0.39, 0.29) is 22.9 Å². The molecule has 0 radical (unpaired) electrons. The summed E-state index contributed by atoms with van der Waals surface area (Å²) in [7, 11) is 0. The summed E-state index contributed by atoms with van der Waals surface area (Å²) < 4.78 is 25.2. The fraction of sp³-hybridized carbons (Fsp3) is 1.00. The van der Waals surface area contributed by atoms with Crippen LogP contribution >= 0.6 is 0 Å². The average Bonchev–Trinajstić information content (AvgIpc) is 3.37. The summed E-state index contributed by atoms with van der Waals surface area (Å²) in [6, 6.07) is 0. The van der Waals surface area contributed by atoms with Gasteiger partial charge in [0.25, 0.3) is 0 Å². The Morgan fingerprint density at radius 1 is 0.786 bits per heavy atom. The van der Waals surface area contributed by atoms with Gasteiger partial charge >= 0.3 is 0 Å². The van der Waals surface area contributed by atoms with Crippen LogP contribution in [-0.4, -0.2) is 49.2 Å². The third-order valence-electron chi connectivity index (χ3n) is 9.99. The lowest BCUT2D eigenvalue weighted by Crippen LogP contribution is -2.67. The molecule has 7 atom stereocenters. The van der Waals surface area contributed by atoms with Crippen molar-refractivity contribution in [1.29, 1.82) is 0 Å². The molecule has 0 unspecified atom stereocenters. The molecule has 0 bridgehead atoms. The van der Waals surface area contributed by atoms with Crippen molar-refractivity contribution < 1.29 is 24.1 Å². The zero-order chi connectivity index (χ0) is 19.2. The molecular formula is C23H36O5. The molecule has 4 aliphatic carbocycles. The van der Waals surface area contributed by atoms with E-state index in [0.29, 0.717) is 44.2 Å². The molecule has 1 N–H and O–H groups in total. The summed E-state index contributed by atoms with van der Waals surface area (Å²) >= 11 is 0. The molecule has 4 saturated carbocycles. The van der Waals surface area contributed by atoms with Crippen molar-refractivity contribution in [2.24, 2.45) is 34.5 Å². The van der Waals surface area contributed by atoms with Gasteiger partial charge in [-0.05, 0) is 54.3 Å². The fourth-order valence-corrected chi connectivity index (χ4v) is 8.79. The first-order valence-electron chi connectivity index (χ1n) is 11.6. The second-order valence-corrected chi connectivity index (χ2v) is 11.2. The van der Waals surface area contributed by atoms with E-state index in [9.17, 15) is 5.11 Å². The molecular weight excluding hydrogens is 356 g/mol. The van der Waals surface area contributed by atoms with Gasteiger partial charge in [0.1, 0.15) is 0 Å². The first-order chi connectivity index (χ1) is 13.4. The van der Waals surface area contributed by atoms with Crippen LogP contribution in [0.2, 0.25) is 0 Å². The van der Waals surface area contributed by atoms with Crippen LogP contribution in [-0.2, 0) is 18.9 Å². The first kappa shape index (κ1) is 18.6. The standard InChI is InChI=1S/C23H36O5/c1-20-5-3-4-16(20)18-19(17(24)14-20)21(2)6-7-22(25-8-9-26-22)12-15(21)13-23(18)27-10-11-28-23/h15-19,24H,3-14H2,1-2H3/t15-,16+,17+,18+,19+,20+,21+/m1/s1. The number of hydrogen-bond donors (Lipinski definition) is 1. The smallest absolute Gasteiger partial charge is 0.172 e. The van der Waals surface area contributed by atoms with Crippen LogP contribution in [0.25, 0.3) is 0 Å². The van der Waals surface area contributed by atoms with Crippen LogP contribution < -0.4 is 0 Å². The van der Waals surface area contributed by atoms with Gasteiger partial charge in [0.15, 0.2) is 11.6 Å². The minimum Gasteiger partial charge on any atom is -0.393 e. The molecule has 2 saturated heterocycles. The Hall–Kier alpha value is -0.200. The molecule has 2 heterocycles. The number of aliphatic hydroxyl groups excluding tert-OH is 1. The van der Waals surface area contributed by atoms with Crippen LogP contribution in [0, 0.1) is 34.5 Å². The Morgan fingerprint density at radius 2 is 1.50 bits per heavy atom. The van der Waals surface area contributed by atoms with Gasteiger partial charge in [0.2, 0.25) is 0 Å². The topological polar surface area (TPSA) is 57.2 Å². The predicted octanol–water partition coefficient (Wildman–Crippen LogP) is 3.49. The summed E-state index contributed by atoms with van der Waals surface area (Å²) in [5.74, 6) is 0.652. The quantitative estimate of drug-likeness (QED) is 0.684. The fourth-order valence-electron chi connectivity index (χ4n) is 8.79.